The number of aromatic nitrogens is 4. The van der Waals surface area contributed by atoms with Gasteiger partial charge in [-0.1, -0.05) is 17.7 Å². The smallest absolute Gasteiger partial charge is 0.225 e. The Morgan fingerprint density at radius 1 is 1.19 bits per heavy atom. The lowest BCUT2D eigenvalue weighted by Crippen LogP contribution is -2.41. The lowest BCUT2D eigenvalue weighted by molar-refractivity contribution is -0.119. The van der Waals surface area contributed by atoms with Crippen LogP contribution in [0.3, 0.4) is 0 Å². The Bertz CT molecular complexity index is 1220. The van der Waals surface area contributed by atoms with Gasteiger partial charge < -0.3 is 20.7 Å². The van der Waals surface area contributed by atoms with Crippen molar-refractivity contribution >= 4 is 46.3 Å². The number of amides is 1. The number of ether oxygens (including phenoxy) is 1. The fourth-order valence-electron chi connectivity index (χ4n) is 5.19. The highest BCUT2D eigenvalue weighted by Crippen LogP contribution is 2.37. The van der Waals surface area contributed by atoms with Crippen LogP contribution in [-0.4, -0.2) is 50.7 Å². The second-order valence-electron chi connectivity index (χ2n) is 10.3. The van der Waals surface area contributed by atoms with Crippen molar-refractivity contribution in [2.75, 3.05) is 30.4 Å². The summed E-state index contributed by atoms with van der Waals surface area (Å²) in [6, 6.07) is 7.88. The van der Waals surface area contributed by atoms with Gasteiger partial charge in [0.2, 0.25) is 17.8 Å². The summed E-state index contributed by atoms with van der Waals surface area (Å²) in [5.41, 5.74) is 2.35. The molecule has 1 saturated heterocycles. The van der Waals surface area contributed by atoms with Crippen LogP contribution in [0.5, 0.6) is 0 Å². The number of hydrogen-bond donors (Lipinski definition) is 3. The molecule has 3 heterocycles. The Hall–Kier alpha value is -2.91. The molecule has 1 aromatic carbocycles. The van der Waals surface area contributed by atoms with Crippen molar-refractivity contribution in [3.8, 4) is 0 Å². The van der Waals surface area contributed by atoms with E-state index < -0.39 is 0 Å². The standard InChI is InChI=1S/C26H34ClN7O2/c1-17(35)28-15-18-6-8-21(9-7-18)34-23-22(31-25(34)30-20-5-3-4-19(27)14-20)16-29-24(32-23)33-26(2)10-12-36-13-11-26/h3-5,14,16,18,21H,6-13,15H2,1-2H3,(H,28,35)(H,30,31)(H,29,32,33)/t18-,21+. The molecule has 36 heavy (non-hydrogen) atoms. The van der Waals surface area contributed by atoms with Gasteiger partial charge in [-0.25, -0.2) is 9.97 Å². The Labute approximate surface area is 216 Å². The third kappa shape index (κ3) is 5.73. The summed E-state index contributed by atoms with van der Waals surface area (Å²) >= 11 is 6.24. The van der Waals surface area contributed by atoms with Crippen molar-refractivity contribution in [2.45, 2.75) is 64.0 Å². The van der Waals surface area contributed by atoms with E-state index in [1.54, 1.807) is 13.1 Å². The maximum atomic E-state index is 11.4. The summed E-state index contributed by atoms with van der Waals surface area (Å²) in [7, 11) is 0. The van der Waals surface area contributed by atoms with Gasteiger partial charge >= 0.3 is 0 Å². The fourth-order valence-corrected chi connectivity index (χ4v) is 5.38. The summed E-state index contributed by atoms with van der Waals surface area (Å²) in [6.07, 6.45) is 7.67. The van der Waals surface area contributed by atoms with Crippen LogP contribution in [-0.2, 0) is 9.53 Å². The van der Waals surface area contributed by atoms with Crippen molar-refractivity contribution in [3.05, 3.63) is 35.5 Å². The Morgan fingerprint density at radius 2 is 1.97 bits per heavy atom. The summed E-state index contributed by atoms with van der Waals surface area (Å²) in [5, 5.41) is 10.7. The van der Waals surface area contributed by atoms with Crippen molar-refractivity contribution < 1.29 is 9.53 Å². The molecule has 0 radical (unpaired) electrons. The minimum atomic E-state index is -0.0968. The molecule has 0 unspecified atom stereocenters. The molecule has 3 N–H and O–H groups in total. The zero-order valence-electron chi connectivity index (χ0n) is 20.9. The number of fused-ring (bicyclic) bond motifs is 1. The number of carbonyl (C=O) groups is 1. The van der Waals surface area contributed by atoms with Crippen molar-refractivity contribution in [3.63, 3.8) is 0 Å². The number of carbonyl (C=O) groups excluding carboxylic acids is 1. The van der Waals surface area contributed by atoms with Crippen LogP contribution in [0.15, 0.2) is 30.5 Å². The van der Waals surface area contributed by atoms with E-state index in [9.17, 15) is 4.79 Å². The van der Waals surface area contributed by atoms with E-state index in [0.29, 0.717) is 16.9 Å². The number of benzene rings is 1. The third-order valence-electron chi connectivity index (χ3n) is 7.34. The van der Waals surface area contributed by atoms with Gasteiger partial charge in [0, 0.05) is 49.0 Å². The summed E-state index contributed by atoms with van der Waals surface area (Å²) in [6.45, 7) is 5.98. The predicted molar refractivity (Wildman–Crippen MR) is 142 cm³/mol. The zero-order valence-corrected chi connectivity index (χ0v) is 21.6. The van der Waals surface area contributed by atoms with Gasteiger partial charge in [-0.15, -0.1) is 0 Å². The molecule has 10 heteroatoms. The quantitative estimate of drug-likeness (QED) is 0.406. The Morgan fingerprint density at radius 3 is 2.69 bits per heavy atom. The van der Waals surface area contributed by atoms with Crippen LogP contribution in [0.4, 0.5) is 17.6 Å². The molecule has 2 aromatic heterocycles. The lowest BCUT2D eigenvalue weighted by atomic mass is 9.86. The number of nitrogens with one attached hydrogen (secondary N) is 3. The van der Waals surface area contributed by atoms with E-state index >= 15 is 0 Å². The Balaban J connectivity index is 1.45. The Kier molecular flexibility index (Phi) is 7.29. The second kappa shape index (κ2) is 10.6. The van der Waals surface area contributed by atoms with Gasteiger partial charge in [-0.05, 0) is 69.6 Å². The minimum Gasteiger partial charge on any atom is -0.381 e. The first-order chi connectivity index (χ1) is 17.4. The van der Waals surface area contributed by atoms with Gasteiger partial charge in [0.25, 0.3) is 0 Å². The molecule has 0 spiro atoms. The van der Waals surface area contributed by atoms with E-state index in [1.807, 2.05) is 24.3 Å². The average molecular weight is 512 g/mol. The number of anilines is 3. The van der Waals surface area contributed by atoms with Crippen molar-refractivity contribution in [2.24, 2.45) is 5.92 Å². The van der Waals surface area contributed by atoms with Crippen LogP contribution in [0, 0.1) is 5.92 Å². The molecule has 2 aliphatic rings. The maximum absolute atomic E-state index is 11.4. The highest BCUT2D eigenvalue weighted by molar-refractivity contribution is 6.30. The molecular formula is C26H34ClN7O2. The largest absolute Gasteiger partial charge is 0.381 e. The average Bonchev–Trinajstić information content (AvgIpc) is 3.20. The first-order valence-corrected chi connectivity index (χ1v) is 13.1. The van der Waals surface area contributed by atoms with E-state index in [-0.39, 0.29) is 17.5 Å². The van der Waals surface area contributed by atoms with Gasteiger partial charge in [0.05, 0.1) is 6.20 Å². The van der Waals surface area contributed by atoms with E-state index in [2.05, 4.69) is 32.4 Å². The molecule has 1 amide bonds. The van der Waals surface area contributed by atoms with Crippen LogP contribution in [0.2, 0.25) is 5.02 Å². The first kappa shape index (κ1) is 24.8. The van der Waals surface area contributed by atoms with Gasteiger partial charge in [-0.3, -0.25) is 9.36 Å². The highest BCUT2D eigenvalue weighted by atomic mass is 35.5. The number of halogens is 1. The molecule has 192 valence electrons. The molecule has 5 rings (SSSR count). The fraction of sp³-hybridized carbons (Fsp3) is 0.538. The second-order valence-corrected chi connectivity index (χ2v) is 10.7. The highest BCUT2D eigenvalue weighted by Gasteiger charge is 2.30. The topological polar surface area (TPSA) is 106 Å². The monoisotopic (exact) mass is 511 g/mol. The van der Waals surface area contributed by atoms with E-state index in [4.69, 9.17) is 26.3 Å². The van der Waals surface area contributed by atoms with Gasteiger partial charge in [-0.2, -0.15) is 4.98 Å². The zero-order chi connectivity index (χ0) is 25.1. The first-order valence-electron chi connectivity index (χ1n) is 12.8. The number of rotatable bonds is 7. The molecule has 1 aliphatic carbocycles. The third-order valence-corrected chi connectivity index (χ3v) is 7.58. The van der Waals surface area contributed by atoms with Gasteiger partial charge in [0.1, 0.15) is 5.52 Å². The predicted octanol–water partition coefficient (Wildman–Crippen LogP) is 5.07. The van der Waals surface area contributed by atoms with E-state index in [0.717, 1.165) is 81.1 Å². The van der Waals surface area contributed by atoms with Crippen LogP contribution in [0.25, 0.3) is 11.2 Å². The molecule has 3 aromatic rings. The SMILES string of the molecule is CC(=O)NC[C@H]1CC[C@@H](n2c(Nc3cccc(Cl)c3)nc3cnc(NC4(C)CCOCC4)nc32)CC1. The number of hydrogen-bond acceptors (Lipinski definition) is 7. The minimum absolute atomic E-state index is 0.0284. The molecule has 0 bridgehead atoms. The molecule has 2 fully saturated rings. The summed E-state index contributed by atoms with van der Waals surface area (Å²) in [4.78, 5) is 25.8. The summed E-state index contributed by atoms with van der Waals surface area (Å²) < 4.78 is 7.77. The molecular weight excluding hydrogens is 478 g/mol. The molecule has 9 nitrogen and oxygen atoms in total. The number of imidazole rings is 1. The molecule has 1 aliphatic heterocycles. The van der Waals surface area contributed by atoms with E-state index in [1.165, 1.54) is 0 Å². The number of nitrogens with zero attached hydrogens (tertiary/aromatic N) is 4. The molecule has 0 atom stereocenters. The van der Waals surface area contributed by atoms with Crippen LogP contribution < -0.4 is 16.0 Å². The van der Waals surface area contributed by atoms with Gasteiger partial charge in [0.15, 0.2) is 5.65 Å². The maximum Gasteiger partial charge on any atom is 0.225 e. The van der Waals surface area contributed by atoms with Crippen LogP contribution >= 0.6 is 11.6 Å². The lowest BCUT2D eigenvalue weighted by Gasteiger charge is -2.34. The van der Waals surface area contributed by atoms with Crippen molar-refractivity contribution in [1.82, 2.24) is 24.8 Å². The summed E-state index contributed by atoms with van der Waals surface area (Å²) in [5.74, 6) is 1.87. The normalized spacial score (nSPS) is 21.8. The molecule has 1 saturated carbocycles. The van der Waals surface area contributed by atoms with Crippen molar-refractivity contribution in [1.29, 1.82) is 0 Å². The van der Waals surface area contributed by atoms with Crippen LogP contribution in [0.1, 0.15) is 58.4 Å².